The van der Waals surface area contributed by atoms with Crippen LogP contribution in [0.2, 0.25) is 5.02 Å². The van der Waals surface area contributed by atoms with E-state index in [9.17, 15) is 18.0 Å². The van der Waals surface area contributed by atoms with E-state index in [1.807, 2.05) is 0 Å². The molecule has 0 saturated carbocycles. The maximum Gasteiger partial charge on any atom is 0.266 e. The first-order valence-corrected chi connectivity index (χ1v) is 11.6. The van der Waals surface area contributed by atoms with Gasteiger partial charge in [0.05, 0.1) is 16.4 Å². The van der Waals surface area contributed by atoms with Crippen LogP contribution in [0.15, 0.2) is 29.2 Å². The first-order valence-electron chi connectivity index (χ1n) is 8.20. The Kier molecular flexibility index (Phi) is 5.95. The maximum atomic E-state index is 12.7. The van der Waals surface area contributed by atoms with Crippen molar-refractivity contribution in [3.63, 3.8) is 0 Å². The molecular formula is C17H17ClN2O4S3. The summed E-state index contributed by atoms with van der Waals surface area (Å²) < 4.78 is 23.4. The standard InChI is InChI=1S/C17H17ClN2O4S3/c1-10(15(21)19-13-6-7-27(23,24)9-13)20-16(22)14(26-17(20)25)8-11-2-4-12(18)5-3-11/h2-5,8,10,13H,6-7,9H2,1H3,(H,19,21). The molecule has 6 nitrogen and oxygen atoms in total. The lowest BCUT2D eigenvalue weighted by Crippen LogP contribution is -2.50. The van der Waals surface area contributed by atoms with Crippen molar-refractivity contribution in [3.05, 3.63) is 39.8 Å². The number of carbonyl (C=O) groups excluding carboxylic acids is 2. The molecule has 2 saturated heterocycles. The number of halogens is 1. The minimum atomic E-state index is -3.10. The van der Waals surface area contributed by atoms with Crippen LogP contribution in [0.5, 0.6) is 0 Å². The maximum absolute atomic E-state index is 12.7. The molecule has 1 aromatic carbocycles. The molecule has 144 valence electrons. The van der Waals surface area contributed by atoms with Gasteiger partial charge in [-0.2, -0.15) is 0 Å². The Labute approximate surface area is 172 Å². The van der Waals surface area contributed by atoms with Gasteiger partial charge in [0.1, 0.15) is 10.4 Å². The van der Waals surface area contributed by atoms with Crippen molar-refractivity contribution in [2.75, 3.05) is 11.5 Å². The molecule has 10 heteroatoms. The Morgan fingerprint density at radius 2 is 2.07 bits per heavy atom. The number of carbonyl (C=O) groups is 2. The summed E-state index contributed by atoms with van der Waals surface area (Å²) in [6.07, 6.45) is 2.08. The fourth-order valence-corrected chi connectivity index (χ4v) is 6.09. The van der Waals surface area contributed by atoms with Crippen LogP contribution >= 0.6 is 35.6 Å². The van der Waals surface area contributed by atoms with Gasteiger partial charge in [-0.05, 0) is 37.1 Å². The van der Waals surface area contributed by atoms with Gasteiger partial charge in [0, 0.05) is 11.1 Å². The van der Waals surface area contributed by atoms with Crippen LogP contribution in [0.25, 0.3) is 6.08 Å². The summed E-state index contributed by atoms with van der Waals surface area (Å²) in [5.74, 6) is -0.764. The second-order valence-electron chi connectivity index (χ2n) is 6.39. The van der Waals surface area contributed by atoms with Crippen molar-refractivity contribution in [1.82, 2.24) is 10.2 Å². The third-order valence-electron chi connectivity index (χ3n) is 4.34. The Hall–Kier alpha value is -1.42. The summed E-state index contributed by atoms with van der Waals surface area (Å²) >= 11 is 12.3. The lowest BCUT2D eigenvalue weighted by molar-refractivity contribution is -0.132. The number of nitrogens with one attached hydrogen (secondary N) is 1. The van der Waals surface area contributed by atoms with Crippen LogP contribution in [0.4, 0.5) is 0 Å². The van der Waals surface area contributed by atoms with Gasteiger partial charge >= 0.3 is 0 Å². The van der Waals surface area contributed by atoms with E-state index in [2.05, 4.69) is 5.32 Å². The van der Waals surface area contributed by atoms with E-state index in [1.54, 1.807) is 37.3 Å². The fraction of sp³-hybridized carbons (Fsp3) is 0.353. The van der Waals surface area contributed by atoms with E-state index in [-0.39, 0.29) is 17.4 Å². The summed E-state index contributed by atoms with van der Waals surface area (Å²) in [5.41, 5.74) is 0.799. The first-order chi connectivity index (χ1) is 12.7. The average molecular weight is 445 g/mol. The molecule has 0 spiro atoms. The molecule has 0 aromatic heterocycles. The van der Waals surface area contributed by atoms with Crippen molar-refractivity contribution >= 4 is 67.6 Å². The van der Waals surface area contributed by atoms with E-state index in [4.69, 9.17) is 23.8 Å². The highest BCUT2D eigenvalue weighted by Gasteiger charge is 2.39. The normalized spacial score (nSPS) is 24.4. The fourth-order valence-electron chi connectivity index (χ4n) is 2.87. The number of nitrogens with zero attached hydrogens (tertiary/aromatic N) is 1. The molecule has 27 heavy (non-hydrogen) atoms. The highest BCUT2D eigenvalue weighted by atomic mass is 35.5. The van der Waals surface area contributed by atoms with Gasteiger partial charge in [-0.25, -0.2) is 8.42 Å². The molecule has 0 radical (unpaired) electrons. The average Bonchev–Trinajstić information content (AvgIpc) is 3.07. The second-order valence-corrected chi connectivity index (χ2v) is 10.7. The predicted octanol–water partition coefficient (Wildman–Crippen LogP) is 2.23. The predicted molar refractivity (Wildman–Crippen MR) is 111 cm³/mol. The molecule has 2 unspecified atom stereocenters. The molecule has 3 rings (SSSR count). The number of thiocarbonyl (C=S) groups is 1. The zero-order valence-electron chi connectivity index (χ0n) is 14.3. The summed E-state index contributed by atoms with van der Waals surface area (Å²) in [4.78, 5) is 26.9. The van der Waals surface area contributed by atoms with Crippen molar-refractivity contribution < 1.29 is 18.0 Å². The summed E-state index contributed by atoms with van der Waals surface area (Å²) in [6.45, 7) is 1.58. The number of benzene rings is 1. The summed E-state index contributed by atoms with van der Waals surface area (Å²) in [7, 11) is -3.10. The number of thioether (sulfide) groups is 1. The lowest BCUT2D eigenvalue weighted by atomic mass is 10.2. The van der Waals surface area contributed by atoms with E-state index in [1.165, 1.54) is 4.90 Å². The Morgan fingerprint density at radius 3 is 2.67 bits per heavy atom. The minimum absolute atomic E-state index is 0.0667. The van der Waals surface area contributed by atoms with Gasteiger partial charge in [-0.15, -0.1) is 0 Å². The third kappa shape index (κ3) is 4.71. The number of amides is 2. The molecule has 0 aliphatic carbocycles. The van der Waals surface area contributed by atoms with Gasteiger partial charge in [0.2, 0.25) is 5.91 Å². The van der Waals surface area contributed by atoms with E-state index in [0.29, 0.717) is 20.7 Å². The van der Waals surface area contributed by atoms with Crippen LogP contribution in [0, 0.1) is 0 Å². The van der Waals surface area contributed by atoms with Crippen LogP contribution in [-0.4, -0.2) is 53.0 Å². The van der Waals surface area contributed by atoms with Crippen LogP contribution in [0.3, 0.4) is 0 Å². The molecule has 2 atom stereocenters. The molecule has 2 fully saturated rings. The number of sulfone groups is 1. The lowest BCUT2D eigenvalue weighted by Gasteiger charge is -2.23. The van der Waals surface area contributed by atoms with Gasteiger partial charge in [0.15, 0.2) is 9.84 Å². The first kappa shape index (κ1) is 20.3. The second kappa shape index (κ2) is 7.90. The molecule has 2 amide bonds. The zero-order valence-corrected chi connectivity index (χ0v) is 17.6. The van der Waals surface area contributed by atoms with Crippen molar-refractivity contribution in [2.24, 2.45) is 0 Å². The van der Waals surface area contributed by atoms with E-state index >= 15 is 0 Å². The third-order valence-corrected chi connectivity index (χ3v) is 7.69. The van der Waals surface area contributed by atoms with Crippen molar-refractivity contribution in [3.8, 4) is 0 Å². The van der Waals surface area contributed by atoms with Crippen molar-refractivity contribution in [1.29, 1.82) is 0 Å². The van der Waals surface area contributed by atoms with Crippen molar-refractivity contribution in [2.45, 2.75) is 25.4 Å². The van der Waals surface area contributed by atoms with Gasteiger partial charge in [-0.1, -0.05) is 47.7 Å². The molecule has 1 N–H and O–H groups in total. The number of rotatable bonds is 4. The minimum Gasteiger partial charge on any atom is -0.351 e. The topological polar surface area (TPSA) is 83.6 Å². The smallest absolute Gasteiger partial charge is 0.266 e. The summed E-state index contributed by atoms with van der Waals surface area (Å²) in [6, 6.07) is 5.77. The van der Waals surface area contributed by atoms with Gasteiger partial charge < -0.3 is 5.32 Å². The highest BCUT2D eigenvalue weighted by Crippen LogP contribution is 2.34. The molecule has 2 heterocycles. The van der Waals surface area contributed by atoms with Crippen LogP contribution in [0.1, 0.15) is 18.9 Å². The molecule has 0 bridgehead atoms. The Balaban J connectivity index is 1.70. The number of hydrogen-bond acceptors (Lipinski definition) is 6. The van der Waals surface area contributed by atoms with Crippen LogP contribution in [-0.2, 0) is 19.4 Å². The van der Waals surface area contributed by atoms with E-state index < -0.39 is 27.8 Å². The SMILES string of the molecule is CC(C(=O)NC1CCS(=O)(=O)C1)N1C(=O)C(=Cc2ccc(Cl)cc2)SC1=S. The van der Waals surface area contributed by atoms with Gasteiger partial charge in [0.25, 0.3) is 5.91 Å². The molecule has 2 aliphatic heterocycles. The van der Waals surface area contributed by atoms with Gasteiger partial charge in [-0.3, -0.25) is 14.5 Å². The molecule has 1 aromatic rings. The summed E-state index contributed by atoms with van der Waals surface area (Å²) in [5, 5.41) is 3.30. The van der Waals surface area contributed by atoms with Crippen LogP contribution < -0.4 is 5.32 Å². The molecule has 2 aliphatic rings. The van der Waals surface area contributed by atoms with E-state index in [0.717, 1.165) is 17.3 Å². The molecular weight excluding hydrogens is 428 g/mol. The zero-order chi connectivity index (χ0) is 19.8. The highest BCUT2D eigenvalue weighted by molar-refractivity contribution is 8.26. The monoisotopic (exact) mass is 444 g/mol. The number of hydrogen-bond donors (Lipinski definition) is 1. The largest absolute Gasteiger partial charge is 0.351 e. The quantitative estimate of drug-likeness (QED) is 0.566. The Bertz CT molecular complexity index is 928. The Morgan fingerprint density at radius 1 is 1.41 bits per heavy atom.